The molecule has 0 radical (unpaired) electrons. The van der Waals surface area contributed by atoms with E-state index in [1.54, 1.807) is 0 Å². The van der Waals surface area contributed by atoms with E-state index in [4.69, 9.17) is 16.6 Å². The SMILES string of the molecule is CN(C)CC(=O)N1CCC[C@@H](c2cccc(-c3cccc(Cl)c3)n2)C1. The average Bonchev–Trinajstić information content (AvgIpc) is 2.61. The lowest BCUT2D eigenvalue weighted by Gasteiger charge is -2.33. The Bertz CT molecular complexity index is 747. The minimum Gasteiger partial charge on any atom is -0.341 e. The summed E-state index contributed by atoms with van der Waals surface area (Å²) >= 11 is 6.10. The first-order chi connectivity index (χ1) is 12.0. The zero-order chi connectivity index (χ0) is 17.8. The van der Waals surface area contributed by atoms with Crippen LogP contribution >= 0.6 is 11.6 Å². The molecule has 1 aromatic carbocycles. The Morgan fingerprint density at radius 3 is 2.84 bits per heavy atom. The van der Waals surface area contributed by atoms with Crippen LogP contribution in [-0.2, 0) is 4.79 Å². The zero-order valence-electron chi connectivity index (χ0n) is 14.8. The van der Waals surface area contributed by atoms with E-state index in [1.807, 2.05) is 60.3 Å². The Balaban J connectivity index is 1.77. The van der Waals surface area contributed by atoms with Crippen LogP contribution in [0, 0.1) is 0 Å². The molecule has 132 valence electrons. The molecule has 1 fully saturated rings. The topological polar surface area (TPSA) is 36.4 Å². The normalized spacial score (nSPS) is 17.8. The van der Waals surface area contributed by atoms with E-state index in [-0.39, 0.29) is 5.91 Å². The van der Waals surface area contributed by atoms with Crippen molar-refractivity contribution in [2.24, 2.45) is 0 Å². The van der Waals surface area contributed by atoms with Crippen molar-refractivity contribution in [3.8, 4) is 11.3 Å². The predicted molar refractivity (Wildman–Crippen MR) is 102 cm³/mol. The summed E-state index contributed by atoms with van der Waals surface area (Å²) in [6.45, 7) is 2.05. The molecule has 0 bridgehead atoms. The molecule has 1 atom stereocenters. The van der Waals surface area contributed by atoms with Crippen LogP contribution in [0.3, 0.4) is 0 Å². The highest BCUT2D eigenvalue weighted by atomic mass is 35.5. The fraction of sp³-hybridized carbons (Fsp3) is 0.400. The number of piperidine rings is 1. The number of carbonyl (C=O) groups excluding carboxylic acids is 1. The largest absolute Gasteiger partial charge is 0.341 e. The van der Waals surface area contributed by atoms with Gasteiger partial charge in [-0.3, -0.25) is 9.78 Å². The van der Waals surface area contributed by atoms with Gasteiger partial charge in [0.05, 0.1) is 12.2 Å². The van der Waals surface area contributed by atoms with Gasteiger partial charge in [-0.1, -0.05) is 29.8 Å². The van der Waals surface area contributed by atoms with E-state index in [0.29, 0.717) is 17.5 Å². The molecular weight excluding hydrogens is 334 g/mol. The van der Waals surface area contributed by atoms with E-state index in [9.17, 15) is 4.79 Å². The molecule has 1 aliphatic heterocycles. The smallest absolute Gasteiger partial charge is 0.236 e. The highest BCUT2D eigenvalue weighted by Crippen LogP contribution is 2.28. The fourth-order valence-electron chi connectivity index (χ4n) is 3.30. The van der Waals surface area contributed by atoms with Gasteiger partial charge in [-0.15, -0.1) is 0 Å². The fourth-order valence-corrected chi connectivity index (χ4v) is 3.49. The summed E-state index contributed by atoms with van der Waals surface area (Å²) in [6.07, 6.45) is 2.09. The number of pyridine rings is 1. The number of hydrogen-bond acceptors (Lipinski definition) is 3. The Labute approximate surface area is 154 Å². The van der Waals surface area contributed by atoms with Gasteiger partial charge in [-0.25, -0.2) is 0 Å². The first-order valence-electron chi connectivity index (χ1n) is 8.68. The van der Waals surface area contributed by atoms with E-state index < -0.39 is 0 Å². The highest BCUT2D eigenvalue weighted by Gasteiger charge is 2.25. The molecule has 25 heavy (non-hydrogen) atoms. The van der Waals surface area contributed by atoms with Crippen LogP contribution in [0.4, 0.5) is 0 Å². The summed E-state index contributed by atoms with van der Waals surface area (Å²) in [5, 5.41) is 0.711. The van der Waals surface area contributed by atoms with E-state index >= 15 is 0 Å². The van der Waals surface area contributed by atoms with Crippen molar-refractivity contribution in [1.82, 2.24) is 14.8 Å². The van der Waals surface area contributed by atoms with Gasteiger partial charge in [0.1, 0.15) is 0 Å². The van der Waals surface area contributed by atoms with Crippen molar-refractivity contribution in [2.45, 2.75) is 18.8 Å². The Kier molecular flexibility index (Phi) is 5.71. The Hall–Kier alpha value is -1.91. The van der Waals surface area contributed by atoms with Crippen LogP contribution < -0.4 is 0 Å². The highest BCUT2D eigenvalue weighted by molar-refractivity contribution is 6.30. The quantitative estimate of drug-likeness (QED) is 0.837. The summed E-state index contributed by atoms with van der Waals surface area (Å²) in [7, 11) is 3.85. The maximum absolute atomic E-state index is 12.4. The minimum atomic E-state index is 0.195. The minimum absolute atomic E-state index is 0.195. The number of nitrogens with zero attached hydrogens (tertiary/aromatic N) is 3. The average molecular weight is 358 g/mol. The monoisotopic (exact) mass is 357 g/mol. The van der Waals surface area contributed by atoms with Gasteiger partial charge >= 0.3 is 0 Å². The predicted octanol–water partition coefficient (Wildman–Crippen LogP) is 3.67. The number of likely N-dealkylation sites (N-methyl/N-ethyl adjacent to an activating group) is 1. The third-order valence-corrected chi connectivity index (χ3v) is 4.77. The van der Waals surface area contributed by atoms with Crippen LogP contribution in [0.2, 0.25) is 5.02 Å². The summed E-state index contributed by atoms with van der Waals surface area (Å²) < 4.78 is 0. The maximum atomic E-state index is 12.4. The standard InChI is InChI=1S/C20H24ClN3O/c1-23(2)14-20(25)24-11-5-7-16(13-24)19-10-4-9-18(22-19)15-6-3-8-17(21)12-15/h3-4,6,8-10,12,16H,5,7,11,13-14H2,1-2H3/t16-/m1/s1. The lowest BCUT2D eigenvalue weighted by atomic mass is 9.93. The van der Waals surface area contributed by atoms with Crippen LogP contribution in [0.5, 0.6) is 0 Å². The number of carbonyl (C=O) groups is 1. The van der Waals surface area contributed by atoms with E-state index in [1.165, 1.54) is 0 Å². The molecule has 0 spiro atoms. The molecule has 4 nitrogen and oxygen atoms in total. The van der Waals surface area contributed by atoms with Crippen LogP contribution in [0.25, 0.3) is 11.3 Å². The second kappa shape index (κ2) is 7.98. The third kappa shape index (κ3) is 4.59. The number of aromatic nitrogens is 1. The second-order valence-electron chi connectivity index (χ2n) is 6.87. The molecule has 3 rings (SSSR count). The summed E-state index contributed by atoms with van der Waals surface area (Å²) in [5.41, 5.74) is 3.00. The van der Waals surface area contributed by atoms with Crippen LogP contribution in [0.15, 0.2) is 42.5 Å². The van der Waals surface area contributed by atoms with Gasteiger partial charge < -0.3 is 9.80 Å². The lowest BCUT2D eigenvalue weighted by molar-refractivity contribution is -0.133. The van der Waals surface area contributed by atoms with E-state index in [0.717, 1.165) is 42.9 Å². The Morgan fingerprint density at radius 2 is 2.08 bits per heavy atom. The number of hydrogen-bond donors (Lipinski definition) is 0. The van der Waals surface area contributed by atoms with E-state index in [2.05, 4.69) is 6.07 Å². The molecule has 0 aliphatic carbocycles. The summed E-state index contributed by atoms with van der Waals surface area (Å²) in [4.78, 5) is 21.1. The van der Waals surface area contributed by atoms with Gasteiger partial charge in [0, 0.05) is 35.3 Å². The van der Waals surface area contributed by atoms with Crippen molar-refractivity contribution in [3.05, 3.63) is 53.2 Å². The third-order valence-electron chi connectivity index (χ3n) is 4.53. The molecule has 1 aromatic heterocycles. The molecule has 5 heteroatoms. The number of rotatable bonds is 4. The maximum Gasteiger partial charge on any atom is 0.236 e. The van der Waals surface area contributed by atoms with Gasteiger partial charge in [0.2, 0.25) is 5.91 Å². The molecular formula is C20H24ClN3O. The first-order valence-corrected chi connectivity index (χ1v) is 9.06. The van der Waals surface area contributed by atoms with Crippen LogP contribution in [0.1, 0.15) is 24.5 Å². The van der Waals surface area contributed by atoms with Crippen molar-refractivity contribution in [1.29, 1.82) is 0 Å². The number of benzene rings is 1. The van der Waals surface area contributed by atoms with Crippen molar-refractivity contribution < 1.29 is 4.79 Å². The van der Waals surface area contributed by atoms with Gasteiger partial charge in [-0.2, -0.15) is 0 Å². The summed E-state index contributed by atoms with van der Waals surface area (Å²) in [5.74, 6) is 0.486. The summed E-state index contributed by atoms with van der Waals surface area (Å²) in [6, 6.07) is 13.9. The van der Waals surface area contributed by atoms with Crippen LogP contribution in [-0.4, -0.2) is 54.4 Å². The van der Waals surface area contributed by atoms with Crippen molar-refractivity contribution >= 4 is 17.5 Å². The molecule has 0 saturated carbocycles. The number of amides is 1. The second-order valence-corrected chi connectivity index (χ2v) is 7.31. The molecule has 1 aliphatic rings. The number of likely N-dealkylation sites (tertiary alicyclic amines) is 1. The lowest BCUT2D eigenvalue weighted by Crippen LogP contribution is -2.43. The molecule has 1 saturated heterocycles. The van der Waals surface area contributed by atoms with Gasteiger partial charge in [-0.05, 0) is 51.2 Å². The molecule has 0 unspecified atom stereocenters. The Morgan fingerprint density at radius 1 is 1.28 bits per heavy atom. The van der Waals surface area contributed by atoms with Gasteiger partial charge in [0.15, 0.2) is 0 Å². The van der Waals surface area contributed by atoms with Gasteiger partial charge in [0.25, 0.3) is 0 Å². The first kappa shape index (κ1) is 17.9. The molecule has 1 amide bonds. The van der Waals surface area contributed by atoms with Crippen molar-refractivity contribution in [3.63, 3.8) is 0 Å². The molecule has 0 N–H and O–H groups in total. The number of halogens is 1. The molecule has 2 heterocycles. The zero-order valence-corrected chi connectivity index (χ0v) is 15.5. The van der Waals surface area contributed by atoms with Crippen molar-refractivity contribution in [2.75, 3.05) is 33.7 Å². The molecule has 2 aromatic rings.